The Labute approximate surface area is 80.9 Å². The molecule has 1 fully saturated rings. The van der Waals surface area contributed by atoms with Gasteiger partial charge in [-0.05, 0) is 6.42 Å². The van der Waals surface area contributed by atoms with Crippen molar-refractivity contribution in [2.24, 2.45) is 0 Å². The predicted molar refractivity (Wildman–Crippen MR) is 44.2 cm³/mol. The van der Waals surface area contributed by atoms with Crippen molar-refractivity contribution in [2.45, 2.75) is 19.3 Å². The van der Waals surface area contributed by atoms with Gasteiger partial charge in [0.1, 0.15) is 0 Å². The average Bonchev–Trinajstić information content (AvgIpc) is 1.94. The molecule has 3 heteroatoms. The van der Waals surface area contributed by atoms with E-state index in [-0.39, 0.29) is 21.1 Å². The van der Waals surface area contributed by atoms with Crippen LogP contribution in [0, 0.1) is 5.73 Å². The molecular weight excluding hydrogens is 323 g/mol. The molecule has 1 nitrogen and oxygen atoms in total. The Balaban J connectivity index is 0. The van der Waals surface area contributed by atoms with E-state index in [0.717, 1.165) is 16.8 Å². The van der Waals surface area contributed by atoms with Gasteiger partial charge in [-0.2, -0.15) is 6.42 Å². The van der Waals surface area contributed by atoms with E-state index in [1.807, 2.05) is 0 Å². The minimum atomic E-state index is 0. The second-order valence-electron chi connectivity index (χ2n) is 2.01. The monoisotopic (exact) mass is 338 g/mol. The molecule has 0 aliphatic carbocycles. The van der Waals surface area contributed by atoms with Crippen LogP contribution in [0.3, 0.4) is 0 Å². The molecule has 64 valence electrons. The number of ether oxygens (including phenoxy) is 1. The van der Waals surface area contributed by atoms with E-state index in [0.29, 0.717) is 0 Å². The summed E-state index contributed by atoms with van der Waals surface area (Å²) in [6.45, 7) is 6.98. The molecule has 0 N–H and O–H groups in total. The van der Waals surface area contributed by atoms with Crippen LogP contribution in [0.15, 0.2) is 13.2 Å². The molecular formula is C7H15OPtSi-. The largest absolute Gasteiger partial charge is 0.551 e. The molecule has 0 aromatic carbocycles. The Morgan fingerprint density at radius 1 is 1.30 bits per heavy atom. The van der Waals surface area contributed by atoms with Crippen molar-refractivity contribution < 1.29 is 25.8 Å². The summed E-state index contributed by atoms with van der Waals surface area (Å²) in [7, 11) is 1.15. The summed E-state index contributed by atoms with van der Waals surface area (Å²) in [5.41, 5.74) is 1.35. The summed E-state index contributed by atoms with van der Waals surface area (Å²) in [6.07, 6.45) is 3.87. The first-order valence-corrected chi connectivity index (χ1v) is 4.35. The van der Waals surface area contributed by atoms with Gasteiger partial charge >= 0.3 is 0 Å². The molecule has 0 atom stereocenters. The quantitative estimate of drug-likeness (QED) is 0.361. The number of rotatable bonds is 0. The molecule has 0 radical (unpaired) electrons. The van der Waals surface area contributed by atoms with Crippen molar-refractivity contribution >= 4 is 10.2 Å². The third-order valence-corrected chi connectivity index (χ3v) is 2.06. The normalized spacial score (nSPS) is 18.4. The van der Waals surface area contributed by atoms with Gasteiger partial charge < -0.3 is 4.74 Å². The van der Waals surface area contributed by atoms with E-state index in [1.54, 1.807) is 0 Å². The zero-order valence-corrected chi connectivity index (χ0v) is 10.7. The van der Waals surface area contributed by atoms with Crippen LogP contribution >= 0.6 is 0 Å². The van der Waals surface area contributed by atoms with Crippen molar-refractivity contribution in [3.63, 3.8) is 0 Å². The van der Waals surface area contributed by atoms with Crippen LogP contribution in [0.25, 0.3) is 0 Å². The molecule has 0 unspecified atom stereocenters. The Kier molecular flexibility index (Phi) is 12.7. The van der Waals surface area contributed by atoms with Crippen LogP contribution in [0.1, 0.15) is 19.3 Å². The van der Waals surface area contributed by atoms with Gasteiger partial charge in [-0.25, -0.2) is 5.73 Å². The molecule has 0 amide bonds. The predicted octanol–water partition coefficient (Wildman–Crippen LogP) is 0.841. The van der Waals surface area contributed by atoms with Crippen LogP contribution in [-0.2, 0) is 25.8 Å². The minimum Gasteiger partial charge on any atom is -0.551 e. The Morgan fingerprint density at radius 3 is 2.10 bits per heavy atom. The molecule has 1 aliphatic heterocycles. The molecule has 1 saturated heterocycles. The van der Waals surface area contributed by atoms with E-state index >= 15 is 0 Å². The van der Waals surface area contributed by atoms with Crippen LogP contribution in [0.5, 0.6) is 0 Å². The topological polar surface area (TPSA) is 9.23 Å². The van der Waals surface area contributed by atoms with Crippen molar-refractivity contribution in [3.05, 3.63) is 18.9 Å². The Bertz CT molecular complexity index is 64.6. The first-order chi connectivity index (χ1) is 4.39. The molecule has 1 aliphatic rings. The van der Waals surface area contributed by atoms with Gasteiger partial charge in [-0.15, -0.1) is 23.4 Å². The van der Waals surface area contributed by atoms with E-state index in [1.165, 1.54) is 25.0 Å². The fraction of sp³-hybridized carbons (Fsp3) is 0.571. The fourth-order valence-electron chi connectivity index (χ4n) is 0.795. The second kappa shape index (κ2) is 9.61. The van der Waals surface area contributed by atoms with Gasteiger partial charge in [-0.1, -0.05) is 6.42 Å². The van der Waals surface area contributed by atoms with Crippen LogP contribution in [-0.4, -0.2) is 16.8 Å². The van der Waals surface area contributed by atoms with Crippen molar-refractivity contribution in [1.29, 1.82) is 0 Å². The van der Waals surface area contributed by atoms with Crippen LogP contribution in [0.4, 0.5) is 0 Å². The third kappa shape index (κ3) is 6.72. The second-order valence-corrected chi connectivity index (χ2v) is 3.12. The first kappa shape index (κ1) is 13.2. The van der Waals surface area contributed by atoms with Gasteiger partial charge in [-0.3, -0.25) is 0 Å². The smallest absolute Gasteiger partial charge is 0.0111 e. The first-order valence-electron chi connectivity index (χ1n) is 3.35. The van der Waals surface area contributed by atoms with Gasteiger partial charge in [0.2, 0.25) is 0 Å². The standard InChI is InChI=1S/C5H11OSi.C2H4.Pt/c7-5-3-1-2-4-6-5;1-2;/h1-4H2,7H3;1-2H2;/q-1;;. The number of hydrogen-bond donors (Lipinski definition) is 0. The van der Waals surface area contributed by atoms with Gasteiger partial charge in [0.05, 0.1) is 0 Å². The summed E-state index contributed by atoms with van der Waals surface area (Å²) in [6, 6.07) is 0. The molecule has 1 heterocycles. The Morgan fingerprint density at radius 2 is 1.90 bits per heavy atom. The van der Waals surface area contributed by atoms with E-state index in [2.05, 4.69) is 13.2 Å². The van der Waals surface area contributed by atoms with Crippen molar-refractivity contribution in [2.75, 3.05) is 6.61 Å². The molecule has 0 aromatic rings. The number of hydrogen-bond acceptors (Lipinski definition) is 1. The van der Waals surface area contributed by atoms with E-state index < -0.39 is 0 Å². The molecule has 0 aromatic heterocycles. The molecule has 0 spiro atoms. The van der Waals surface area contributed by atoms with Gasteiger partial charge in [0, 0.05) is 27.7 Å². The summed E-state index contributed by atoms with van der Waals surface area (Å²) >= 11 is 0. The molecule has 0 bridgehead atoms. The van der Waals surface area contributed by atoms with Crippen molar-refractivity contribution in [3.8, 4) is 0 Å². The molecule has 0 saturated carbocycles. The molecule has 1 rings (SSSR count). The zero-order chi connectivity index (χ0) is 7.11. The summed E-state index contributed by atoms with van der Waals surface area (Å²) in [4.78, 5) is 0. The fourth-order valence-corrected chi connectivity index (χ4v) is 1.35. The van der Waals surface area contributed by atoms with Crippen molar-refractivity contribution in [1.82, 2.24) is 0 Å². The third-order valence-electron chi connectivity index (χ3n) is 1.27. The van der Waals surface area contributed by atoms with Crippen LogP contribution in [0.2, 0.25) is 0 Å². The average molecular weight is 338 g/mol. The Hall–Kier alpha value is 0.605. The maximum Gasteiger partial charge on any atom is 0.0111 e. The maximum absolute atomic E-state index is 5.26. The summed E-state index contributed by atoms with van der Waals surface area (Å²) < 4.78 is 5.26. The van der Waals surface area contributed by atoms with E-state index in [4.69, 9.17) is 4.74 Å². The molecule has 10 heavy (non-hydrogen) atoms. The van der Waals surface area contributed by atoms with Crippen LogP contribution < -0.4 is 0 Å². The summed E-state index contributed by atoms with van der Waals surface area (Å²) in [5, 5.41) is 0. The van der Waals surface area contributed by atoms with E-state index in [9.17, 15) is 0 Å². The zero-order valence-electron chi connectivity index (χ0n) is 6.47. The SMILES string of the molecule is C=C.[Pt].[SiH3][C-]1CCCCO1. The summed E-state index contributed by atoms with van der Waals surface area (Å²) in [5.74, 6) is 0. The van der Waals surface area contributed by atoms with Gasteiger partial charge in [0.15, 0.2) is 0 Å². The minimum absolute atomic E-state index is 0. The maximum atomic E-state index is 5.26. The van der Waals surface area contributed by atoms with Gasteiger partial charge in [0.25, 0.3) is 0 Å².